The molecule has 0 saturated heterocycles. The molecular weight excluding hydrogens is 523 g/mol. The van der Waals surface area contributed by atoms with E-state index >= 15 is 0 Å². The van der Waals surface area contributed by atoms with Gasteiger partial charge < -0.3 is 14.5 Å². The Morgan fingerprint density at radius 3 is 2.73 bits per heavy atom. The molecule has 4 rings (SSSR count). The van der Waals surface area contributed by atoms with Crippen molar-refractivity contribution in [3.63, 3.8) is 0 Å². The molecule has 6 nitrogen and oxygen atoms in total. The number of ether oxygens (including phenoxy) is 1. The first-order chi connectivity index (χ1) is 19.4. The summed E-state index contributed by atoms with van der Waals surface area (Å²) in [5, 5.41) is 0. The summed E-state index contributed by atoms with van der Waals surface area (Å²) in [5.74, 6) is -0.299. The van der Waals surface area contributed by atoms with Crippen molar-refractivity contribution in [3.8, 4) is 0 Å². The van der Waals surface area contributed by atoms with Gasteiger partial charge in [0, 0.05) is 56.4 Å². The molecule has 2 unspecified atom stereocenters. The van der Waals surface area contributed by atoms with E-state index in [0.29, 0.717) is 6.54 Å². The number of nitrogens with one attached hydrogen (secondary N) is 1. The zero-order chi connectivity index (χ0) is 28.3. The van der Waals surface area contributed by atoms with Gasteiger partial charge in [-0.2, -0.15) is 0 Å². The van der Waals surface area contributed by atoms with Crippen molar-refractivity contribution in [2.24, 2.45) is 4.99 Å². The fourth-order valence-corrected chi connectivity index (χ4v) is 5.57. The van der Waals surface area contributed by atoms with Crippen molar-refractivity contribution < 1.29 is 13.9 Å². The molecule has 3 aromatic rings. The quantitative estimate of drug-likeness (QED) is 0.197. The number of aryl methyl sites for hydroxylation is 1. The maximum absolute atomic E-state index is 13.8. The van der Waals surface area contributed by atoms with Crippen molar-refractivity contribution in [2.45, 2.75) is 42.7 Å². The van der Waals surface area contributed by atoms with Crippen LogP contribution in [-0.4, -0.2) is 44.8 Å². The van der Waals surface area contributed by atoms with E-state index < -0.39 is 0 Å². The summed E-state index contributed by atoms with van der Waals surface area (Å²) < 4.78 is 23.0. The molecule has 0 heterocycles. The van der Waals surface area contributed by atoms with Crippen LogP contribution >= 0.6 is 11.9 Å². The fraction of sp³-hybridized carbons (Fsp3) is 0.312. The van der Waals surface area contributed by atoms with E-state index in [9.17, 15) is 9.18 Å². The second-order valence-electron chi connectivity index (χ2n) is 9.94. The number of amides is 1. The minimum atomic E-state index is -0.350. The number of benzene rings is 3. The van der Waals surface area contributed by atoms with Gasteiger partial charge in [0.15, 0.2) is 0 Å². The third kappa shape index (κ3) is 8.27. The van der Waals surface area contributed by atoms with Gasteiger partial charge in [0.2, 0.25) is 5.91 Å². The zero-order valence-electron chi connectivity index (χ0n) is 23.3. The summed E-state index contributed by atoms with van der Waals surface area (Å²) in [7, 11) is 5.50. The van der Waals surface area contributed by atoms with E-state index in [2.05, 4.69) is 21.8 Å². The van der Waals surface area contributed by atoms with Crippen LogP contribution in [0.2, 0.25) is 0 Å². The highest BCUT2D eigenvalue weighted by Gasteiger charge is 2.25. The number of methoxy groups -OCH3 is 1. The van der Waals surface area contributed by atoms with Gasteiger partial charge in [-0.1, -0.05) is 42.5 Å². The lowest BCUT2D eigenvalue weighted by atomic mass is 9.87. The van der Waals surface area contributed by atoms with E-state index in [1.807, 2.05) is 67.7 Å². The van der Waals surface area contributed by atoms with E-state index in [4.69, 9.17) is 4.74 Å². The van der Waals surface area contributed by atoms with Crippen LogP contribution in [0.25, 0.3) is 0 Å². The number of anilines is 1. The van der Waals surface area contributed by atoms with E-state index in [1.165, 1.54) is 35.2 Å². The molecule has 2 atom stereocenters. The van der Waals surface area contributed by atoms with Gasteiger partial charge in [-0.05, 0) is 78.2 Å². The van der Waals surface area contributed by atoms with Gasteiger partial charge in [0.1, 0.15) is 5.82 Å². The molecule has 210 valence electrons. The van der Waals surface area contributed by atoms with Gasteiger partial charge in [-0.15, -0.1) is 0 Å². The predicted molar refractivity (Wildman–Crippen MR) is 162 cm³/mol. The Morgan fingerprint density at radius 2 is 1.98 bits per heavy atom. The second-order valence-corrected chi connectivity index (χ2v) is 10.9. The maximum atomic E-state index is 13.8. The Labute approximate surface area is 241 Å². The SMILES string of the molecule is COC(CC(=O)N(CC=N/C=C\N(C)C)c1ccc2c(c1)C(NSc1cccc(F)c1)CCC2)c1ccccc1. The Hall–Kier alpha value is -3.46. The molecule has 40 heavy (non-hydrogen) atoms. The van der Waals surface area contributed by atoms with Crippen molar-refractivity contribution in [1.29, 1.82) is 0 Å². The normalized spacial score (nSPS) is 15.8. The Kier molecular flexibility index (Phi) is 10.9. The van der Waals surface area contributed by atoms with Gasteiger partial charge in [-0.3, -0.25) is 14.5 Å². The van der Waals surface area contributed by atoms with Crippen molar-refractivity contribution in [1.82, 2.24) is 9.62 Å². The monoisotopic (exact) mass is 560 g/mol. The number of hydrogen-bond acceptors (Lipinski definition) is 6. The average Bonchev–Trinajstić information content (AvgIpc) is 2.96. The number of carbonyl (C=O) groups excluding carboxylic acids is 1. The van der Waals surface area contributed by atoms with Gasteiger partial charge in [0.25, 0.3) is 0 Å². The summed E-state index contributed by atoms with van der Waals surface area (Å²) >= 11 is 1.44. The summed E-state index contributed by atoms with van der Waals surface area (Å²) in [6, 6.07) is 22.7. The average molecular weight is 561 g/mol. The standard InChI is InChI=1S/C32H37FN4O2S/c1-36(2)19-17-34-18-20-37(32(38)23-31(39-3)25-9-5-4-6-10-25)27-16-15-24-11-7-14-30(29(24)22-27)35-40-28-13-8-12-26(33)21-28/h4-6,8-10,12-13,15-19,21-22,30-31,35H,7,11,14,20,23H2,1-3H3/b19-17-,34-18?. The number of rotatable bonds is 12. The molecule has 0 spiro atoms. The number of carbonyl (C=O) groups is 1. The topological polar surface area (TPSA) is 57.2 Å². The largest absolute Gasteiger partial charge is 0.382 e. The van der Waals surface area contributed by atoms with Crippen LogP contribution in [0.1, 0.15) is 48.1 Å². The molecule has 3 aromatic carbocycles. The van der Waals surface area contributed by atoms with Crippen molar-refractivity contribution in [3.05, 3.63) is 108 Å². The molecule has 0 fully saturated rings. The molecule has 0 aliphatic heterocycles. The van der Waals surface area contributed by atoms with Crippen LogP contribution < -0.4 is 9.62 Å². The first-order valence-electron chi connectivity index (χ1n) is 13.5. The molecule has 1 aliphatic rings. The number of aliphatic imine (C=N–C) groups is 1. The van der Waals surface area contributed by atoms with Crippen LogP contribution in [0, 0.1) is 5.82 Å². The van der Waals surface area contributed by atoms with E-state index in [-0.39, 0.29) is 30.3 Å². The smallest absolute Gasteiger partial charge is 0.230 e. The second kappa shape index (κ2) is 14.8. The van der Waals surface area contributed by atoms with Crippen LogP contribution in [0.15, 0.2) is 95.1 Å². The summed E-state index contributed by atoms with van der Waals surface area (Å²) in [4.78, 5) is 22.6. The van der Waals surface area contributed by atoms with Crippen molar-refractivity contribution in [2.75, 3.05) is 32.6 Å². The maximum Gasteiger partial charge on any atom is 0.230 e. The lowest BCUT2D eigenvalue weighted by molar-refractivity contribution is -0.120. The highest BCUT2D eigenvalue weighted by molar-refractivity contribution is 7.97. The first-order valence-corrected chi connectivity index (χ1v) is 14.3. The number of halogens is 1. The molecule has 1 N–H and O–H groups in total. The Balaban J connectivity index is 1.58. The highest BCUT2D eigenvalue weighted by Crippen LogP contribution is 2.35. The lowest BCUT2D eigenvalue weighted by Crippen LogP contribution is -2.34. The minimum Gasteiger partial charge on any atom is -0.382 e. The molecule has 1 aliphatic carbocycles. The molecule has 8 heteroatoms. The van der Waals surface area contributed by atoms with Gasteiger partial charge >= 0.3 is 0 Å². The predicted octanol–water partition coefficient (Wildman–Crippen LogP) is 6.71. The number of hydrogen-bond donors (Lipinski definition) is 1. The number of fused-ring (bicyclic) bond motifs is 1. The van der Waals surface area contributed by atoms with Gasteiger partial charge in [0.05, 0.1) is 19.1 Å². The number of nitrogens with zero attached hydrogens (tertiary/aromatic N) is 3. The van der Waals surface area contributed by atoms with E-state index in [0.717, 1.165) is 35.4 Å². The van der Waals surface area contributed by atoms with Gasteiger partial charge in [-0.25, -0.2) is 4.39 Å². The molecular formula is C32H37FN4O2S. The molecule has 0 bridgehead atoms. The molecule has 0 saturated carbocycles. The van der Waals surface area contributed by atoms with Crippen LogP contribution in [0.5, 0.6) is 0 Å². The molecule has 1 amide bonds. The van der Waals surface area contributed by atoms with Crippen molar-refractivity contribution >= 4 is 29.8 Å². The fourth-order valence-electron chi connectivity index (χ4n) is 4.73. The zero-order valence-corrected chi connectivity index (χ0v) is 24.1. The third-order valence-electron chi connectivity index (χ3n) is 6.81. The van der Waals surface area contributed by atoms with Crippen LogP contribution in [-0.2, 0) is 16.0 Å². The molecule has 0 radical (unpaired) electrons. The Bertz CT molecular complexity index is 1320. The third-order valence-corrected chi connectivity index (χ3v) is 7.70. The summed E-state index contributed by atoms with van der Waals surface area (Å²) in [6.45, 7) is 0.330. The Morgan fingerprint density at radius 1 is 1.15 bits per heavy atom. The first kappa shape index (κ1) is 29.5. The lowest BCUT2D eigenvalue weighted by Gasteiger charge is -2.29. The van der Waals surface area contributed by atoms with E-state index in [1.54, 1.807) is 30.5 Å². The minimum absolute atomic E-state index is 0.0480. The summed E-state index contributed by atoms with van der Waals surface area (Å²) in [6.07, 6.45) is 8.18. The van der Waals surface area contributed by atoms with Crippen LogP contribution in [0.3, 0.4) is 0 Å². The summed E-state index contributed by atoms with van der Waals surface area (Å²) in [5.41, 5.74) is 4.21. The molecule has 0 aromatic heterocycles. The van der Waals surface area contributed by atoms with Crippen LogP contribution in [0.4, 0.5) is 10.1 Å². The highest BCUT2D eigenvalue weighted by atomic mass is 32.2.